The molecule has 1 heterocycles. The third kappa shape index (κ3) is 5.79. The van der Waals surface area contributed by atoms with Crippen molar-refractivity contribution < 1.29 is 18.7 Å². The molecule has 30 heavy (non-hydrogen) atoms. The molecule has 0 saturated carbocycles. The number of hydrogen-bond donors (Lipinski definition) is 1. The molecule has 1 saturated heterocycles. The number of para-hydroxylation sites is 1. The van der Waals surface area contributed by atoms with Gasteiger partial charge < -0.3 is 15.0 Å². The molecule has 0 radical (unpaired) electrons. The second kappa shape index (κ2) is 10.2. The first-order valence-electron chi connectivity index (χ1n) is 10.2. The van der Waals surface area contributed by atoms with Crippen LogP contribution in [0.4, 0.5) is 10.1 Å². The number of aryl methyl sites for hydroxylation is 1. The van der Waals surface area contributed by atoms with Crippen molar-refractivity contribution in [3.63, 3.8) is 0 Å². The topological polar surface area (TPSA) is 61.9 Å². The fourth-order valence-corrected chi connectivity index (χ4v) is 3.40. The van der Waals surface area contributed by atoms with Gasteiger partial charge in [0, 0.05) is 31.9 Å². The molecule has 1 fully saturated rings. The van der Waals surface area contributed by atoms with Crippen molar-refractivity contribution in [2.24, 2.45) is 0 Å². The van der Waals surface area contributed by atoms with E-state index in [9.17, 15) is 14.0 Å². The lowest BCUT2D eigenvalue weighted by Crippen LogP contribution is -2.50. The fourth-order valence-electron chi connectivity index (χ4n) is 3.40. The number of rotatable bonds is 7. The number of carbonyl (C=O) groups is 2. The number of hydrogen-bond acceptors (Lipinski definition) is 4. The molecule has 0 aliphatic carbocycles. The molecule has 0 unspecified atom stereocenters. The Morgan fingerprint density at radius 2 is 1.77 bits per heavy atom. The SMILES string of the molecule is Cc1cccc(NC(=O)CN2CCN(C(=O)CCOc3ccccc3F)CC2)c1C. The Morgan fingerprint density at radius 3 is 2.50 bits per heavy atom. The monoisotopic (exact) mass is 413 g/mol. The molecule has 0 bridgehead atoms. The van der Waals surface area contributed by atoms with Crippen LogP contribution in [0.25, 0.3) is 0 Å². The number of carbonyl (C=O) groups excluding carboxylic acids is 2. The molecular formula is C23H28FN3O3. The number of benzene rings is 2. The summed E-state index contributed by atoms with van der Waals surface area (Å²) in [5, 5.41) is 2.97. The van der Waals surface area contributed by atoms with Gasteiger partial charge in [-0.15, -0.1) is 0 Å². The lowest BCUT2D eigenvalue weighted by molar-refractivity contribution is -0.133. The molecule has 6 nitrogen and oxygen atoms in total. The number of ether oxygens (including phenoxy) is 1. The van der Waals surface area contributed by atoms with Gasteiger partial charge in [0.2, 0.25) is 11.8 Å². The molecule has 0 atom stereocenters. The number of halogens is 1. The van der Waals surface area contributed by atoms with Gasteiger partial charge in [-0.2, -0.15) is 0 Å². The first kappa shape index (κ1) is 21.8. The lowest BCUT2D eigenvalue weighted by atomic mass is 10.1. The molecule has 0 aromatic heterocycles. The highest BCUT2D eigenvalue weighted by molar-refractivity contribution is 5.93. The van der Waals surface area contributed by atoms with Crippen LogP contribution in [0.3, 0.4) is 0 Å². The number of nitrogens with zero attached hydrogens (tertiary/aromatic N) is 2. The zero-order valence-electron chi connectivity index (χ0n) is 17.5. The summed E-state index contributed by atoms with van der Waals surface area (Å²) in [6.45, 7) is 6.85. The van der Waals surface area contributed by atoms with Crippen molar-refractivity contribution >= 4 is 17.5 Å². The largest absolute Gasteiger partial charge is 0.490 e. The predicted octanol–water partition coefficient (Wildman–Crippen LogP) is 2.99. The zero-order chi connectivity index (χ0) is 21.5. The Bertz CT molecular complexity index is 895. The number of amides is 2. The maximum absolute atomic E-state index is 13.5. The summed E-state index contributed by atoms with van der Waals surface area (Å²) in [7, 11) is 0. The predicted molar refractivity (Wildman–Crippen MR) is 114 cm³/mol. The molecule has 3 rings (SSSR count). The average molecular weight is 413 g/mol. The van der Waals surface area contributed by atoms with Gasteiger partial charge in [-0.1, -0.05) is 24.3 Å². The van der Waals surface area contributed by atoms with Crippen LogP contribution in [-0.4, -0.2) is 60.9 Å². The third-order valence-corrected chi connectivity index (χ3v) is 5.38. The van der Waals surface area contributed by atoms with Crippen molar-refractivity contribution in [3.05, 3.63) is 59.4 Å². The van der Waals surface area contributed by atoms with E-state index < -0.39 is 5.82 Å². The highest BCUT2D eigenvalue weighted by atomic mass is 19.1. The van der Waals surface area contributed by atoms with Gasteiger partial charge in [0.05, 0.1) is 19.6 Å². The maximum Gasteiger partial charge on any atom is 0.238 e. The summed E-state index contributed by atoms with van der Waals surface area (Å²) in [5.41, 5.74) is 3.04. The molecule has 2 amide bonds. The smallest absolute Gasteiger partial charge is 0.238 e. The van der Waals surface area contributed by atoms with Crippen molar-refractivity contribution in [1.29, 1.82) is 0 Å². The minimum atomic E-state index is -0.433. The molecule has 7 heteroatoms. The summed E-state index contributed by atoms with van der Waals surface area (Å²) in [4.78, 5) is 28.6. The molecule has 2 aromatic rings. The van der Waals surface area contributed by atoms with E-state index in [1.54, 1.807) is 23.1 Å². The number of nitrogens with one attached hydrogen (secondary N) is 1. The van der Waals surface area contributed by atoms with Gasteiger partial charge >= 0.3 is 0 Å². The van der Waals surface area contributed by atoms with Crippen LogP contribution in [0.5, 0.6) is 5.75 Å². The van der Waals surface area contributed by atoms with E-state index in [1.165, 1.54) is 6.07 Å². The second-order valence-electron chi connectivity index (χ2n) is 7.48. The molecule has 1 aliphatic rings. The van der Waals surface area contributed by atoms with Gasteiger partial charge in [0.25, 0.3) is 0 Å². The summed E-state index contributed by atoms with van der Waals surface area (Å²) < 4.78 is 18.9. The van der Waals surface area contributed by atoms with Crippen molar-refractivity contribution in [1.82, 2.24) is 9.80 Å². The van der Waals surface area contributed by atoms with Crippen molar-refractivity contribution in [3.8, 4) is 5.75 Å². The summed E-state index contributed by atoms with van der Waals surface area (Å²) >= 11 is 0. The molecule has 1 aliphatic heterocycles. The van der Waals surface area contributed by atoms with Crippen LogP contribution in [0.15, 0.2) is 42.5 Å². The quantitative estimate of drug-likeness (QED) is 0.758. The Morgan fingerprint density at radius 1 is 1.03 bits per heavy atom. The molecular weight excluding hydrogens is 385 g/mol. The Kier molecular flexibility index (Phi) is 7.41. The lowest BCUT2D eigenvalue weighted by Gasteiger charge is -2.34. The first-order chi connectivity index (χ1) is 14.4. The van der Waals surface area contributed by atoms with Crippen LogP contribution in [0.2, 0.25) is 0 Å². The first-order valence-corrected chi connectivity index (χ1v) is 10.2. The Balaban J connectivity index is 1.38. The molecule has 160 valence electrons. The van der Waals surface area contributed by atoms with Crippen LogP contribution in [0, 0.1) is 19.7 Å². The van der Waals surface area contributed by atoms with Gasteiger partial charge in [-0.3, -0.25) is 14.5 Å². The van der Waals surface area contributed by atoms with E-state index in [2.05, 4.69) is 5.32 Å². The van der Waals surface area contributed by atoms with Crippen LogP contribution in [-0.2, 0) is 9.59 Å². The summed E-state index contributed by atoms with van der Waals surface area (Å²) in [5.74, 6) is -0.352. The molecule has 1 N–H and O–H groups in total. The van der Waals surface area contributed by atoms with E-state index in [0.717, 1.165) is 16.8 Å². The third-order valence-electron chi connectivity index (χ3n) is 5.38. The minimum absolute atomic E-state index is 0.0224. The van der Waals surface area contributed by atoms with E-state index in [1.807, 2.05) is 36.9 Å². The highest BCUT2D eigenvalue weighted by Crippen LogP contribution is 2.18. The van der Waals surface area contributed by atoms with E-state index in [4.69, 9.17) is 4.74 Å². The number of piperazine rings is 1. The molecule has 2 aromatic carbocycles. The van der Waals surface area contributed by atoms with Gasteiger partial charge in [-0.25, -0.2) is 4.39 Å². The van der Waals surface area contributed by atoms with E-state index in [0.29, 0.717) is 32.7 Å². The van der Waals surface area contributed by atoms with Gasteiger partial charge in [0.1, 0.15) is 0 Å². The summed E-state index contributed by atoms with van der Waals surface area (Å²) in [6, 6.07) is 12.0. The van der Waals surface area contributed by atoms with Gasteiger partial charge in [-0.05, 0) is 43.2 Å². The highest BCUT2D eigenvalue weighted by Gasteiger charge is 2.22. The Hall–Kier alpha value is -2.93. The van der Waals surface area contributed by atoms with Crippen molar-refractivity contribution in [2.75, 3.05) is 44.6 Å². The fraction of sp³-hybridized carbons (Fsp3) is 0.391. The molecule has 0 spiro atoms. The zero-order valence-corrected chi connectivity index (χ0v) is 17.5. The van der Waals surface area contributed by atoms with Crippen LogP contribution >= 0.6 is 0 Å². The maximum atomic E-state index is 13.5. The van der Waals surface area contributed by atoms with Gasteiger partial charge in [0.15, 0.2) is 11.6 Å². The van der Waals surface area contributed by atoms with Crippen molar-refractivity contribution in [2.45, 2.75) is 20.3 Å². The van der Waals surface area contributed by atoms with Crippen LogP contribution < -0.4 is 10.1 Å². The second-order valence-corrected chi connectivity index (χ2v) is 7.48. The standard InChI is InChI=1S/C23H28FN3O3/c1-17-6-5-8-20(18(17)2)25-22(28)16-26-11-13-27(14-12-26)23(29)10-15-30-21-9-4-3-7-19(21)24/h3-9H,10-16H2,1-2H3,(H,25,28). The van der Waals surface area contributed by atoms with E-state index >= 15 is 0 Å². The summed E-state index contributed by atoms with van der Waals surface area (Å²) in [6.07, 6.45) is 0.196. The number of anilines is 1. The minimum Gasteiger partial charge on any atom is -0.490 e. The normalized spacial score (nSPS) is 14.4. The van der Waals surface area contributed by atoms with E-state index in [-0.39, 0.29) is 30.6 Å². The Labute approximate surface area is 176 Å². The average Bonchev–Trinajstić information content (AvgIpc) is 2.73. The van der Waals surface area contributed by atoms with Crippen LogP contribution in [0.1, 0.15) is 17.5 Å².